The highest BCUT2D eigenvalue weighted by Crippen LogP contribution is 2.24. The van der Waals surface area contributed by atoms with E-state index >= 15 is 0 Å². The molecule has 2 nitrogen and oxygen atoms in total. The maximum absolute atomic E-state index is 5.77. The van der Waals surface area contributed by atoms with Crippen LogP contribution in [0.25, 0.3) is 0 Å². The van der Waals surface area contributed by atoms with E-state index in [0.717, 1.165) is 28.2 Å². The van der Waals surface area contributed by atoms with E-state index in [2.05, 4.69) is 32.7 Å². The van der Waals surface area contributed by atoms with Gasteiger partial charge in [-0.05, 0) is 58.4 Å². The largest absolute Gasteiger partial charge is 0.457 e. The molecule has 1 N–H and O–H groups in total. The number of hydrogen-bond acceptors (Lipinski definition) is 3. The molecular weight excluding hydrogens is 346 g/mol. The van der Waals surface area contributed by atoms with Gasteiger partial charge in [0.05, 0.1) is 0 Å². The fourth-order valence-electron chi connectivity index (χ4n) is 1.90. The van der Waals surface area contributed by atoms with Crippen molar-refractivity contribution in [2.45, 2.75) is 6.54 Å². The normalized spacial score (nSPS) is 10.3. The van der Waals surface area contributed by atoms with Gasteiger partial charge in [-0.2, -0.15) is 0 Å². The molecule has 0 fully saturated rings. The standard InChI is InChI=1S/C17H14BrNOS/c18-13-10-17(21-12-13)11-19-14-6-8-16(9-7-14)20-15-4-2-1-3-5-15/h1-10,12,19H,11H2. The van der Waals surface area contributed by atoms with Gasteiger partial charge in [-0.15, -0.1) is 11.3 Å². The van der Waals surface area contributed by atoms with Crippen molar-refractivity contribution in [2.24, 2.45) is 0 Å². The van der Waals surface area contributed by atoms with Gasteiger partial charge in [0.2, 0.25) is 0 Å². The lowest BCUT2D eigenvalue weighted by Crippen LogP contribution is -1.96. The summed E-state index contributed by atoms with van der Waals surface area (Å²) in [5.41, 5.74) is 1.08. The maximum Gasteiger partial charge on any atom is 0.127 e. The first-order chi connectivity index (χ1) is 10.3. The van der Waals surface area contributed by atoms with Crippen LogP contribution < -0.4 is 10.1 Å². The average Bonchev–Trinajstić information content (AvgIpc) is 2.93. The molecule has 0 saturated carbocycles. The Bertz CT molecular complexity index is 694. The number of para-hydroxylation sites is 1. The van der Waals surface area contributed by atoms with Crippen molar-refractivity contribution in [3.8, 4) is 11.5 Å². The van der Waals surface area contributed by atoms with Gasteiger partial charge in [-0.3, -0.25) is 0 Å². The van der Waals surface area contributed by atoms with Crippen LogP contribution in [0.15, 0.2) is 70.5 Å². The summed E-state index contributed by atoms with van der Waals surface area (Å²) >= 11 is 5.21. The number of thiophene rings is 1. The van der Waals surface area contributed by atoms with Crippen LogP contribution >= 0.6 is 27.3 Å². The summed E-state index contributed by atoms with van der Waals surface area (Å²) in [5.74, 6) is 1.69. The Morgan fingerprint density at radius 2 is 1.67 bits per heavy atom. The highest BCUT2D eigenvalue weighted by atomic mass is 79.9. The first kappa shape index (κ1) is 14.2. The molecule has 0 spiro atoms. The Morgan fingerprint density at radius 3 is 2.33 bits per heavy atom. The highest BCUT2D eigenvalue weighted by molar-refractivity contribution is 9.10. The van der Waals surface area contributed by atoms with Crippen molar-refractivity contribution in [2.75, 3.05) is 5.32 Å². The van der Waals surface area contributed by atoms with Crippen molar-refractivity contribution in [1.82, 2.24) is 0 Å². The second-order valence-electron chi connectivity index (χ2n) is 4.52. The molecule has 106 valence electrons. The fourth-order valence-corrected chi connectivity index (χ4v) is 3.29. The summed E-state index contributed by atoms with van der Waals surface area (Å²) in [6.07, 6.45) is 0. The van der Waals surface area contributed by atoms with Crippen LogP contribution in [0.1, 0.15) is 4.88 Å². The van der Waals surface area contributed by atoms with E-state index in [4.69, 9.17) is 4.74 Å². The van der Waals surface area contributed by atoms with Crippen molar-refractivity contribution in [3.05, 3.63) is 75.4 Å². The Kier molecular flexibility index (Phi) is 4.58. The highest BCUT2D eigenvalue weighted by Gasteiger charge is 1.99. The monoisotopic (exact) mass is 359 g/mol. The average molecular weight is 360 g/mol. The lowest BCUT2D eigenvalue weighted by Gasteiger charge is -2.08. The Morgan fingerprint density at radius 1 is 0.952 bits per heavy atom. The summed E-state index contributed by atoms with van der Waals surface area (Å²) in [4.78, 5) is 1.30. The Balaban J connectivity index is 1.59. The molecule has 0 radical (unpaired) electrons. The van der Waals surface area contributed by atoms with Gasteiger partial charge in [0, 0.05) is 27.0 Å². The van der Waals surface area contributed by atoms with E-state index < -0.39 is 0 Å². The summed E-state index contributed by atoms with van der Waals surface area (Å²) in [7, 11) is 0. The molecule has 3 aromatic rings. The quantitative estimate of drug-likeness (QED) is 0.610. The molecule has 0 unspecified atom stereocenters. The summed E-state index contributed by atoms with van der Waals surface area (Å²) < 4.78 is 6.90. The smallest absolute Gasteiger partial charge is 0.127 e. The van der Waals surface area contributed by atoms with Crippen LogP contribution in [0, 0.1) is 0 Å². The predicted octanol–water partition coefficient (Wildman–Crippen LogP) is 5.92. The zero-order valence-corrected chi connectivity index (χ0v) is 13.7. The van der Waals surface area contributed by atoms with Crippen LogP contribution in [-0.2, 0) is 6.54 Å². The first-order valence-electron chi connectivity index (χ1n) is 6.59. The predicted molar refractivity (Wildman–Crippen MR) is 92.3 cm³/mol. The van der Waals surface area contributed by atoms with E-state index in [1.54, 1.807) is 11.3 Å². The van der Waals surface area contributed by atoms with Crippen molar-refractivity contribution in [3.63, 3.8) is 0 Å². The number of nitrogens with one attached hydrogen (secondary N) is 1. The van der Waals surface area contributed by atoms with Crippen LogP contribution in [0.3, 0.4) is 0 Å². The SMILES string of the molecule is Brc1csc(CNc2ccc(Oc3ccccc3)cc2)c1. The number of halogens is 1. The van der Waals surface area contributed by atoms with Gasteiger partial charge < -0.3 is 10.1 Å². The molecule has 0 bridgehead atoms. The number of anilines is 1. The molecule has 0 aliphatic carbocycles. The van der Waals surface area contributed by atoms with Crippen molar-refractivity contribution >= 4 is 33.0 Å². The fraction of sp³-hybridized carbons (Fsp3) is 0.0588. The lowest BCUT2D eigenvalue weighted by atomic mass is 10.3. The molecule has 0 saturated heterocycles. The van der Waals surface area contributed by atoms with Gasteiger partial charge in [-0.1, -0.05) is 18.2 Å². The minimum atomic E-state index is 0.829. The number of rotatable bonds is 5. The second kappa shape index (κ2) is 6.78. The second-order valence-corrected chi connectivity index (χ2v) is 6.44. The zero-order valence-electron chi connectivity index (χ0n) is 11.3. The van der Waals surface area contributed by atoms with Crippen molar-refractivity contribution in [1.29, 1.82) is 0 Å². The Labute approximate surface area is 136 Å². The maximum atomic E-state index is 5.77. The van der Waals surface area contributed by atoms with Gasteiger partial charge in [-0.25, -0.2) is 0 Å². The van der Waals surface area contributed by atoms with Gasteiger partial charge in [0.15, 0.2) is 0 Å². The van der Waals surface area contributed by atoms with Gasteiger partial charge >= 0.3 is 0 Å². The van der Waals surface area contributed by atoms with E-state index in [1.165, 1.54) is 4.88 Å². The summed E-state index contributed by atoms with van der Waals surface area (Å²) in [6, 6.07) is 19.9. The van der Waals surface area contributed by atoms with Crippen LogP contribution in [0.2, 0.25) is 0 Å². The van der Waals surface area contributed by atoms with E-state index in [0.29, 0.717) is 0 Å². The van der Waals surface area contributed by atoms with E-state index in [-0.39, 0.29) is 0 Å². The molecule has 0 aliphatic heterocycles. The molecule has 4 heteroatoms. The molecule has 0 amide bonds. The first-order valence-corrected chi connectivity index (χ1v) is 8.26. The summed E-state index contributed by atoms with van der Waals surface area (Å²) in [5, 5.41) is 5.49. The Hall–Kier alpha value is -1.78. The molecular formula is C17H14BrNOS. The van der Waals surface area contributed by atoms with Crippen LogP contribution in [0.5, 0.6) is 11.5 Å². The van der Waals surface area contributed by atoms with Crippen LogP contribution in [0.4, 0.5) is 5.69 Å². The number of benzene rings is 2. The third kappa shape index (κ3) is 4.09. The van der Waals surface area contributed by atoms with Crippen LogP contribution in [-0.4, -0.2) is 0 Å². The number of ether oxygens (including phenoxy) is 1. The molecule has 1 heterocycles. The molecule has 0 aliphatic rings. The molecule has 2 aromatic carbocycles. The number of hydrogen-bond donors (Lipinski definition) is 1. The summed E-state index contributed by atoms with van der Waals surface area (Å²) in [6.45, 7) is 0.829. The molecule has 0 atom stereocenters. The van der Waals surface area contributed by atoms with E-state index in [1.807, 2.05) is 54.6 Å². The third-order valence-electron chi connectivity index (χ3n) is 2.92. The van der Waals surface area contributed by atoms with Crippen molar-refractivity contribution < 1.29 is 4.74 Å². The van der Waals surface area contributed by atoms with Gasteiger partial charge in [0.1, 0.15) is 11.5 Å². The lowest BCUT2D eigenvalue weighted by molar-refractivity contribution is 0.483. The molecule has 1 aromatic heterocycles. The molecule has 3 rings (SSSR count). The minimum Gasteiger partial charge on any atom is -0.457 e. The zero-order chi connectivity index (χ0) is 14.5. The van der Waals surface area contributed by atoms with Gasteiger partial charge in [0.25, 0.3) is 0 Å². The topological polar surface area (TPSA) is 21.3 Å². The minimum absolute atomic E-state index is 0.829. The molecule has 21 heavy (non-hydrogen) atoms. The van der Waals surface area contributed by atoms with E-state index in [9.17, 15) is 0 Å². The third-order valence-corrected chi connectivity index (χ3v) is 4.62.